The molecule has 0 radical (unpaired) electrons. The lowest BCUT2D eigenvalue weighted by molar-refractivity contribution is 0.287. The van der Waals surface area contributed by atoms with Gasteiger partial charge in [-0.3, -0.25) is 0 Å². The van der Waals surface area contributed by atoms with Crippen molar-refractivity contribution >= 4 is 8.07 Å². The van der Waals surface area contributed by atoms with Crippen LogP contribution in [-0.4, -0.2) is 19.8 Å². The van der Waals surface area contributed by atoms with E-state index in [0.717, 1.165) is 6.42 Å². The minimum absolute atomic E-state index is 0.369. The topological polar surface area (TPSA) is 20.2 Å². The van der Waals surface area contributed by atoms with Crippen LogP contribution >= 0.6 is 0 Å². The van der Waals surface area contributed by atoms with E-state index < -0.39 is 8.07 Å². The summed E-state index contributed by atoms with van der Waals surface area (Å²) in [7, 11) is -0.826. The molecule has 0 saturated carbocycles. The normalized spacial score (nSPS) is 12.0. The van der Waals surface area contributed by atoms with E-state index in [4.69, 9.17) is 5.11 Å². The molecule has 0 atom stereocenters. The van der Waals surface area contributed by atoms with Gasteiger partial charge in [0.1, 0.15) is 0 Å². The van der Waals surface area contributed by atoms with Crippen LogP contribution in [0.5, 0.6) is 0 Å². The third-order valence-electron chi connectivity index (χ3n) is 2.22. The lowest BCUT2D eigenvalue weighted by Crippen LogP contribution is -2.23. The molecular formula is C8H20OSi. The van der Waals surface area contributed by atoms with Crippen molar-refractivity contribution in [1.82, 2.24) is 0 Å². The summed E-state index contributed by atoms with van der Waals surface area (Å²) in [6, 6.07) is 2.75. The van der Waals surface area contributed by atoms with Crippen LogP contribution in [-0.2, 0) is 0 Å². The van der Waals surface area contributed by atoms with Crippen molar-refractivity contribution in [2.24, 2.45) is 0 Å². The summed E-state index contributed by atoms with van der Waals surface area (Å²) in [6.07, 6.45) is 2.22. The summed E-state index contributed by atoms with van der Waals surface area (Å²) in [6.45, 7) is 7.49. The highest BCUT2D eigenvalue weighted by atomic mass is 28.3. The van der Waals surface area contributed by atoms with E-state index in [9.17, 15) is 0 Å². The van der Waals surface area contributed by atoms with E-state index in [0.29, 0.717) is 6.61 Å². The number of hydrogen-bond donors (Lipinski definition) is 1. The van der Waals surface area contributed by atoms with Gasteiger partial charge in [0.25, 0.3) is 0 Å². The van der Waals surface area contributed by atoms with Gasteiger partial charge in [-0.25, -0.2) is 0 Å². The minimum atomic E-state index is -0.826. The Hall–Kier alpha value is 0.177. The van der Waals surface area contributed by atoms with Crippen molar-refractivity contribution in [2.75, 3.05) is 6.61 Å². The van der Waals surface area contributed by atoms with E-state index in [2.05, 4.69) is 20.0 Å². The van der Waals surface area contributed by atoms with Crippen molar-refractivity contribution in [2.45, 2.75) is 44.9 Å². The van der Waals surface area contributed by atoms with Crippen molar-refractivity contribution in [3.05, 3.63) is 0 Å². The van der Waals surface area contributed by atoms with Gasteiger partial charge < -0.3 is 5.11 Å². The fourth-order valence-electron chi connectivity index (χ4n) is 0.892. The summed E-state index contributed by atoms with van der Waals surface area (Å²) in [5.41, 5.74) is 0. The molecule has 0 aromatic heterocycles. The second kappa shape index (κ2) is 4.91. The quantitative estimate of drug-likeness (QED) is 0.484. The summed E-state index contributed by atoms with van der Waals surface area (Å²) < 4.78 is 0. The zero-order valence-electron chi connectivity index (χ0n) is 7.48. The molecule has 2 heteroatoms. The summed E-state index contributed by atoms with van der Waals surface area (Å²) in [5, 5.41) is 8.55. The Balaban J connectivity index is 3.28. The number of aliphatic hydroxyl groups excluding tert-OH is 1. The van der Waals surface area contributed by atoms with Gasteiger partial charge in [-0.1, -0.05) is 38.5 Å². The zero-order chi connectivity index (χ0) is 8.04. The monoisotopic (exact) mass is 160 g/mol. The maximum absolute atomic E-state index is 8.55. The number of rotatable bonds is 5. The molecule has 0 aliphatic heterocycles. The minimum Gasteiger partial charge on any atom is -0.396 e. The highest BCUT2D eigenvalue weighted by molar-refractivity contribution is 6.77. The largest absolute Gasteiger partial charge is 0.396 e. The first kappa shape index (κ1) is 10.2. The molecule has 62 valence electrons. The van der Waals surface area contributed by atoms with E-state index in [1.807, 2.05) is 0 Å². The van der Waals surface area contributed by atoms with Crippen molar-refractivity contribution in [3.8, 4) is 0 Å². The van der Waals surface area contributed by atoms with Crippen LogP contribution in [0, 0.1) is 0 Å². The molecule has 0 aliphatic carbocycles. The molecule has 0 fully saturated rings. The standard InChI is InChI=1S/C8H20OSi/c1-4-10(2,3)8-6-5-7-9/h9H,4-8H2,1-3H3. The fraction of sp³-hybridized carbons (Fsp3) is 1.00. The number of hydrogen-bond acceptors (Lipinski definition) is 1. The molecule has 0 saturated heterocycles. The SMILES string of the molecule is CC[Si](C)(C)CCCCO. The van der Waals surface area contributed by atoms with Gasteiger partial charge in [-0.05, 0) is 6.42 Å². The number of aliphatic hydroxyl groups is 1. The first-order valence-corrected chi connectivity index (χ1v) is 7.64. The van der Waals surface area contributed by atoms with E-state index in [-0.39, 0.29) is 0 Å². The Kier molecular flexibility index (Phi) is 5.00. The maximum atomic E-state index is 8.55. The molecule has 0 aromatic rings. The van der Waals surface area contributed by atoms with Crippen LogP contribution in [0.3, 0.4) is 0 Å². The average molecular weight is 160 g/mol. The fourth-order valence-corrected chi connectivity index (χ4v) is 2.45. The molecule has 10 heavy (non-hydrogen) atoms. The highest BCUT2D eigenvalue weighted by Gasteiger charge is 2.15. The Labute approximate surface area is 65.5 Å². The van der Waals surface area contributed by atoms with Crippen LogP contribution in [0.2, 0.25) is 25.2 Å². The molecule has 0 aromatic carbocycles. The average Bonchev–Trinajstić information content (AvgIpc) is 1.89. The third kappa shape index (κ3) is 5.00. The Morgan fingerprint density at radius 3 is 2.20 bits per heavy atom. The van der Waals surface area contributed by atoms with Crippen molar-refractivity contribution < 1.29 is 5.11 Å². The van der Waals surface area contributed by atoms with Gasteiger partial charge in [-0.15, -0.1) is 0 Å². The van der Waals surface area contributed by atoms with Gasteiger partial charge in [0, 0.05) is 14.7 Å². The van der Waals surface area contributed by atoms with Crippen LogP contribution in [0.1, 0.15) is 19.8 Å². The third-order valence-corrected chi connectivity index (χ3v) is 5.84. The summed E-state index contributed by atoms with van der Waals surface area (Å²) in [5.74, 6) is 0. The molecule has 0 aliphatic rings. The van der Waals surface area contributed by atoms with Gasteiger partial charge in [-0.2, -0.15) is 0 Å². The van der Waals surface area contributed by atoms with Gasteiger partial charge in [0.05, 0.1) is 0 Å². The number of unbranched alkanes of at least 4 members (excludes halogenated alkanes) is 1. The van der Waals surface area contributed by atoms with E-state index >= 15 is 0 Å². The molecule has 0 heterocycles. The predicted octanol–water partition coefficient (Wildman–Crippen LogP) is 2.49. The highest BCUT2D eigenvalue weighted by Crippen LogP contribution is 2.17. The maximum Gasteiger partial charge on any atom is 0.0471 e. The molecular weight excluding hydrogens is 140 g/mol. The molecule has 0 rings (SSSR count). The molecule has 1 nitrogen and oxygen atoms in total. The smallest absolute Gasteiger partial charge is 0.0471 e. The molecule has 0 unspecified atom stereocenters. The molecule has 0 spiro atoms. The van der Waals surface area contributed by atoms with Gasteiger partial charge in [0.2, 0.25) is 0 Å². The Morgan fingerprint density at radius 2 is 1.80 bits per heavy atom. The van der Waals surface area contributed by atoms with E-state index in [1.54, 1.807) is 0 Å². The molecule has 0 bridgehead atoms. The first-order valence-electron chi connectivity index (χ1n) is 4.23. The van der Waals surface area contributed by atoms with Crippen LogP contribution in [0.25, 0.3) is 0 Å². The summed E-state index contributed by atoms with van der Waals surface area (Å²) >= 11 is 0. The van der Waals surface area contributed by atoms with E-state index in [1.165, 1.54) is 18.5 Å². The van der Waals surface area contributed by atoms with Crippen LogP contribution in [0.4, 0.5) is 0 Å². The second-order valence-corrected chi connectivity index (χ2v) is 9.23. The Bertz CT molecular complexity index is 81.3. The second-order valence-electron chi connectivity index (χ2n) is 3.70. The van der Waals surface area contributed by atoms with Crippen molar-refractivity contribution in [3.63, 3.8) is 0 Å². The van der Waals surface area contributed by atoms with Crippen molar-refractivity contribution in [1.29, 1.82) is 0 Å². The zero-order valence-corrected chi connectivity index (χ0v) is 8.48. The molecule has 0 amide bonds. The van der Waals surface area contributed by atoms with Crippen LogP contribution < -0.4 is 0 Å². The van der Waals surface area contributed by atoms with Gasteiger partial charge in [0.15, 0.2) is 0 Å². The summed E-state index contributed by atoms with van der Waals surface area (Å²) in [4.78, 5) is 0. The molecule has 1 N–H and O–H groups in total. The predicted molar refractivity (Wildman–Crippen MR) is 49.1 cm³/mol. The lowest BCUT2D eigenvalue weighted by atomic mass is 10.4. The van der Waals surface area contributed by atoms with Crippen LogP contribution in [0.15, 0.2) is 0 Å². The lowest BCUT2D eigenvalue weighted by Gasteiger charge is -2.19. The van der Waals surface area contributed by atoms with Gasteiger partial charge >= 0.3 is 0 Å². The first-order chi connectivity index (χ1) is 4.62. The Morgan fingerprint density at radius 1 is 1.20 bits per heavy atom.